The first-order valence-electron chi connectivity index (χ1n) is 2.50. The molecule has 0 aliphatic heterocycles. The molecule has 0 spiro atoms. The normalized spacial score (nSPS) is 14.4. The van der Waals surface area contributed by atoms with Crippen molar-refractivity contribution in [2.75, 3.05) is 0 Å². The maximum absolute atomic E-state index is 11.8. The molecule has 0 heterocycles. The number of rotatable bonds is 2. The molecule has 0 aromatic rings. The largest absolute Gasteiger partial charge is 0.477 e. The van der Waals surface area contributed by atoms with Gasteiger partial charge in [0.1, 0.15) is 0 Å². The lowest BCUT2D eigenvalue weighted by molar-refractivity contribution is -0.347. The number of hydrogen-bond acceptors (Lipinski definition) is 1. The summed E-state index contributed by atoms with van der Waals surface area (Å²) in [6.45, 7) is 0. The Morgan fingerprint density at radius 3 is 1.31 bits per heavy atom. The fraction of sp³-hybridized carbons (Fsp3) is 0.750. The van der Waals surface area contributed by atoms with E-state index >= 15 is 0 Å². The summed E-state index contributed by atoms with van der Waals surface area (Å²) in [5.41, 5.74) is 0. The Balaban J connectivity index is 5.16. The minimum atomic E-state index is -6.60. The number of carbonyl (C=O) groups is 1. The van der Waals surface area contributed by atoms with Gasteiger partial charge in [-0.3, -0.25) is 0 Å². The van der Waals surface area contributed by atoms with Gasteiger partial charge < -0.3 is 5.11 Å². The number of aliphatic carboxylic acids is 1. The van der Waals surface area contributed by atoms with Crippen molar-refractivity contribution in [3.05, 3.63) is 0 Å². The van der Waals surface area contributed by atoms with Gasteiger partial charge in [-0.1, -0.05) is 0 Å². The van der Waals surface area contributed by atoms with Crippen molar-refractivity contribution < 1.29 is 40.6 Å². The van der Waals surface area contributed by atoms with Crippen molar-refractivity contribution in [3.8, 4) is 0 Å². The zero-order chi connectivity index (χ0) is 11.1. The molecule has 9 heteroatoms. The lowest BCUT2D eigenvalue weighted by Crippen LogP contribution is -2.56. The number of hydrogen-bond donors (Lipinski definition) is 1. The number of halogens is 7. The highest BCUT2D eigenvalue weighted by Gasteiger charge is 2.76. The van der Waals surface area contributed by atoms with Gasteiger partial charge in [0.2, 0.25) is 0 Å². The highest BCUT2D eigenvalue weighted by atomic mass is 19.5. The molecule has 0 rings (SSSR count). The van der Waals surface area contributed by atoms with E-state index < -0.39 is 24.0 Å². The molecule has 0 aliphatic rings. The molecule has 0 amide bonds. The fourth-order valence-corrected chi connectivity index (χ4v) is 0.312. The van der Waals surface area contributed by atoms with Crippen molar-refractivity contribution in [1.29, 1.82) is 0 Å². The van der Waals surface area contributed by atoms with E-state index in [4.69, 9.17) is 5.11 Å². The molecular formula is C4HF7O2. The van der Waals surface area contributed by atoms with Gasteiger partial charge in [0.15, 0.2) is 0 Å². The van der Waals surface area contributed by atoms with Crippen molar-refractivity contribution in [3.63, 3.8) is 0 Å². The van der Waals surface area contributed by atoms with E-state index in [0.717, 1.165) is 0 Å². The smallest absolute Gasteiger partial charge is 0.460 e. The Morgan fingerprint density at radius 1 is 0.923 bits per heavy atom. The second kappa shape index (κ2) is 2.74. The summed E-state index contributed by atoms with van der Waals surface area (Å²) in [5.74, 6) is -16.3. The standard InChI is InChI=1S/C4HF7O2/c5-2(6,1(12)13)3(7,8)4(9,10)11/h(H,12,13)/i1+1,2+1,3+1,4+1. The molecule has 2 nitrogen and oxygen atoms in total. The molecule has 13 heavy (non-hydrogen) atoms. The minimum Gasteiger partial charge on any atom is -0.477 e. The third-order valence-electron chi connectivity index (χ3n) is 1.02. The van der Waals surface area contributed by atoms with Gasteiger partial charge in [0.25, 0.3) is 0 Å². The van der Waals surface area contributed by atoms with Crippen molar-refractivity contribution >= 4 is 5.97 Å². The summed E-state index contributed by atoms with van der Waals surface area (Å²) in [5, 5.41) is 7.41. The molecule has 0 radical (unpaired) electrons. The van der Waals surface area contributed by atoms with E-state index in [1.54, 1.807) is 0 Å². The zero-order valence-electron chi connectivity index (χ0n) is 5.50. The molecular weight excluding hydrogens is 217 g/mol. The SMILES string of the molecule is O=[13C](O)[13C](F)(F)[13C](F)(F)[13C](F)(F)F. The highest BCUT2D eigenvalue weighted by Crippen LogP contribution is 2.46. The number of alkyl halides is 7. The lowest BCUT2D eigenvalue weighted by atomic mass is 11.1. The van der Waals surface area contributed by atoms with Crippen LogP contribution in [0, 0.1) is 0 Å². The summed E-state index contributed by atoms with van der Waals surface area (Å²) in [4.78, 5) is 9.38. The van der Waals surface area contributed by atoms with Crippen LogP contribution in [0.5, 0.6) is 0 Å². The molecule has 0 aromatic heterocycles. The van der Waals surface area contributed by atoms with Crippen LogP contribution in [0.2, 0.25) is 0 Å². The van der Waals surface area contributed by atoms with Crippen LogP contribution in [-0.2, 0) is 4.79 Å². The summed E-state index contributed by atoms with van der Waals surface area (Å²) in [6.07, 6.45) is -6.60. The van der Waals surface area contributed by atoms with E-state index in [1.165, 1.54) is 0 Å². The van der Waals surface area contributed by atoms with Crippen LogP contribution in [-0.4, -0.2) is 29.1 Å². The molecule has 0 atom stereocenters. The predicted octanol–water partition coefficient (Wildman–Crippen LogP) is 1.90. The average molecular weight is 218 g/mol. The van der Waals surface area contributed by atoms with Gasteiger partial charge in [-0.25, -0.2) is 4.79 Å². The van der Waals surface area contributed by atoms with E-state index in [1.807, 2.05) is 0 Å². The van der Waals surface area contributed by atoms with Crippen molar-refractivity contribution in [2.24, 2.45) is 0 Å². The maximum Gasteiger partial charge on any atom is 0.460 e. The van der Waals surface area contributed by atoms with Gasteiger partial charge >= 0.3 is 24.0 Å². The molecule has 0 saturated heterocycles. The van der Waals surface area contributed by atoms with E-state index in [2.05, 4.69) is 0 Å². The molecule has 0 saturated carbocycles. The van der Waals surface area contributed by atoms with Crippen LogP contribution >= 0.6 is 0 Å². The monoisotopic (exact) mass is 218 g/mol. The van der Waals surface area contributed by atoms with Crippen LogP contribution < -0.4 is 0 Å². The summed E-state index contributed by atoms with van der Waals surface area (Å²) in [7, 11) is 0. The first kappa shape index (κ1) is 12.0. The summed E-state index contributed by atoms with van der Waals surface area (Å²) >= 11 is 0. The van der Waals surface area contributed by atoms with Crippen LogP contribution in [0.25, 0.3) is 0 Å². The molecule has 0 aliphatic carbocycles. The molecule has 0 fully saturated rings. The third-order valence-corrected chi connectivity index (χ3v) is 1.02. The Labute approximate surface area is 65.9 Å². The second-order valence-electron chi connectivity index (χ2n) is 1.95. The molecule has 0 aromatic carbocycles. The minimum absolute atomic E-state index is 3.53. The van der Waals surface area contributed by atoms with Crippen LogP contribution in [0.1, 0.15) is 0 Å². The Kier molecular flexibility index (Phi) is 2.52. The van der Waals surface area contributed by atoms with Gasteiger partial charge in [-0.2, -0.15) is 30.7 Å². The number of carboxylic acid groups (broad SMARTS) is 1. The van der Waals surface area contributed by atoms with Gasteiger partial charge in [-0.05, 0) is 0 Å². The Bertz CT molecular complexity index is 217. The van der Waals surface area contributed by atoms with E-state index in [-0.39, 0.29) is 0 Å². The van der Waals surface area contributed by atoms with E-state index in [0.29, 0.717) is 0 Å². The summed E-state index contributed by atoms with van der Waals surface area (Å²) in [6, 6.07) is 0. The molecule has 0 bridgehead atoms. The van der Waals surface area contributed by atoms with Gasteiger partial charge in [0.05, 0.1) is 0 Å². The highest BCUT2D eigenvalue weighted by molar-refractivity contribution is 5.76. The first-order chi connectivity index (χ1) is 5.44. The molecule has 78 valence electrons. The van der Waals surface area contributed by atoms with E-state index in [9.17, 15) is 35.5 Å². The zero-order valence-corrected chi connectivity index (χ0v) is 5.50. The van der Waals surface area contributed by atoms with Gasteiger partial charge in [0, 0.05) is 0 Å². The molecule has 1 N–H and O–H groups in total. The van der Waals surface area contributed by atoms with Crippen molar-refractivity contribution in [2.45, 2.75) is 18.0 Å². The van der Waals surface area contributed by atoms with Gasteiger partial charge in [-0.15, -0.1) is 0 Å². The predicted molar refractivity (Wildman–Crippen MR) is 23.6 cm³/mol. The van der Waals surface area contributed by atoms with Crippen molar-refractivity contribution in [1.82, 2.24) is 0 Å². The quantitative estimate of drug-likeness (QED) is 0.567. The van der Waals surface area contributed by atoms with Crippen LogP contribution in [0.15, 0.2) is 0 Å². The fourth-order valence-electron chi connectivity index (χ4n) is 0.312. The third kappa shape index (κ3) is 1.68. The number of carboxylic acids is 1. The topological polar surface area (TPSA) is 37.3 Å². The molecule has 0 unspecified atom stereocenters. The Morgan fingerprint density at radius 2 is 1.23 bits per heavy atom. The first-order valence-corrected chi connectivity index (χ1v) is 2.50. The van der Waals surface area contributed by atoms with Crippen LogP contribution in [0.3, 0.4) is 0 Å². The maximum atomic E-state index is 11.8. The summed E-state index contributed by atoms with van der Waals surface area (Å²) < 4.78 is 80.5. The average Bonchev–Trinajstić information content (AvgIpc) is 1.84. The second-order valence-corrected chi connectivity index (χ2v) is 1.95. The Hall–Kier alpha value is -1.02. The van der Waals surface area contributed by atoms with Crippen LogP contribution in [0.4, 0.5) is 30.7 Å². The lowest BCUT2D eigenvalue weighted by Gasteiger charge is -2.24.